The predicted octanol–water partition coefficient (Wildman–Crippen LogP) is 3.32. The topological polar surface area (TPSA) is 94.6 Å². The number of hydrogen-bond acceptors (Lipinski definition) is 5. The smallest absolute Gasteiger partial charge is 0.226 e. The minimum Gasteiger partial charge on any atom is -0.390 e. The van der Waals surface area contributed by atoms with Crippen LogP contribution in [0.2, 0.25) is 0 Å². The Hall–Kier alpha value is -3.69. The van der Waals surface area contributed by atoms with E-state index in [0.717, 1.165) is 23.6 Å². The van der Waals surface area contributed by atoms with E-state index in [0.29, 0.717) is 12.1 Å². The number of benzene rings is 2. The van der Waals surface area contributed by atoms with Gasteiger partial charge in [-0.25, -0.2) is 8.78 Å². The number of carbonyl (C=O) groups excluding carboxylic acids is 2. The third-order valence-electron chi connectivity index (χ3n) is 7.20. The Balaban J connectivity index is 1.50. The fraction of sp³-hybridized carbons (Fsp3) is 0.367. The van der Waals surface area contributed by atoms with Crippen LogP contribution in [0.1, 0.15) is 41.6 Å². The lowest BCUT2D eigenvalue weighted by Gasteiger charge is -2.29. The number of nitrogens with one attached hydrogen (secondary N) is 2. The minimum absolute atomic E-state index is 0.00263. The number of likely N-dealkylation sites (tertiary alicyclic amines) is 1. The van der Waals surface area contributed by atoms with Crippen molar-refractivity contribution in [1.82, 2.24) is 20.5 Å². The van der Waals surface area contributed by atoms with Crippen LogP contribution in [0.5, 0.6) is 0 Å². The molecular formula is C30H34F2N4O3. The SMILES string of the molecule is CCc1cccc(CNC[C@H](O)[C@@H](Cc2cc(F)cc(F)c2)NC(=O)C2CC(=O)N(C)[C@@H]2c2cccnc2)c1. The summed E-state index contributed by atoms with van der Waals surface area (Å²) in [6.07, 6.45) is 3.09. The van der Waals surface area contributed by atoms with E-state index >= 15 is 0 Å². The molecule has 4 atom stereocenters. The van der Waals surface area contributed by atoms with Crippen molar-refractivity contribution in [2.24, 2.45) is 5.92 Å². The number of aromatic nitrogens is 1. The van der Waals surface area contributed by atoms with Gasteiger partial charge in [0, 0.05) is 45.0 Å². The second kappa shape index (κ2) is 12.9. The molecule has 0 saturated carbocycles. The lowest BCUT2D eigenvalue weighted by Crippen LogP contribution is -2.50. The molecule has 2 heterocycles. The van der Waals surface area contributed by atoms with Crippen molar-refractivity contribution in [3.05, 3.63) is 101 Å². The summed E-state index contributed by atoms with van der Waals surface area (Å²) in [5.74, 6) is -2.78. The summed E-state index contributed by atoms with van der Waals surface area (Å²) >= 11 is 0. The summed E-state index contributed by atoms with van der Waals surface area (Å²) < 4.78 is 27.8. The summed E-state index contributed by atoms with van der Waals surface area (Å²) in [6, 6.07) is 13.4. The fourth-order valence-corrected chi connectivity index (χ4v) is 5.13. The van der Waals surface area contributed by atoms with Crippen LogP contribution in [-0.2, 0) is 29.0 Å². The van der Waals surface area contributed by atoms with Crippen molar-refractivity contribution in [3.8, 4) is 0 Å². The standard InChI is InChI=1S/C30H34F2N4O3/c1-3-19-6-4-7-20(10-19)16-34-18-27(37)26(13-21-11-23(31)14-24(32)12-21)35-30(39)25-15-28(38)36(2)29(25)22-8-5-9-33-17-22/h4-12,14,17,25-27,29,34,37H,3,13,15-16,18H2,1-2H3,(H,35,39)/t25?,26-,27+,29-/m1/s1. The number of aryl methyl sites for hydroxylation is 1. The van der Waals surface area contributed by atoms with E-state index < -0.39 is 41.6 Å². The number of carbonyl (C=O) groups is 2. The van der Waals surface area contributed by atoms with Crippen LogP contribution in [0.15, 0.2) is 67.0 Å². The molecule has 0 bridgehead atoms. The lowest BCUT2D eigenvalue weighted by molar-refractivity contribution is -0.129. The molecular weight excluding hydrogens is 502 g/mol. The molecule has 7 nitrogen and oxygen atoms in total. The van der Waals surface area contributed by atoms with Crippen LogP contribution in [0.4, 0.5) is 8.78 Å². The number of pyridine rings is 1. The van der Waals surface area contributed by atoms with Gasteiger partial charge < -0.3 is 20.6 Å². The van der Waals surface area contributed by atoms with Crippen molar-refractivity contribution >= 4 is 11.8 Å². The van der Waals surface area contributed by atoms with Crippen molar-refractivity contribution in [2.45, 2.75) is 50.9 Å². The Morgan fingerprint density at radius 2 is 1.85 bits per heavy atom. The van der Waals surface area contributed by atoms with E-state index in [4.69, 9.17) is 0 Å². The first kappa shape index (κ1) is 28.3. The Morgan fingerprint density at radius 1 is 1.10 bits per heavy atom. The summed E-state index contributed by atoms with van der Waals surface area (Å²) in [6.45, 7) is 2.72. The second-order valence-electron chi connectivity index (χ2n) is 10.0. The van der Waals surface area contributed by atoms with Gasteiger partial charge >= 0.3 is 0 Å². The van der Waals surface area contributed by atoms with Gasteiger partial charge in [-0.1, -0.05) is 37.3 Å². The number of amides is 2. The van der Waals surface area contributed by atoms with E-state index in [1.54, 1.807) is 25.5 Å². The Kier molecular flexibility index (Phi) is 9.37. The average Bonchev–Trinajstić information content (AvgIpc) is 3.22. The van der Waals surface area contributed by atoms with Gasteiger partial charge in [-0.3, -0.25) is 14.6 Å². The summed E-state index contributed by atoms with van der Waals surface area (Å²) in [5.41, 5.74) is 3.29. The third-order valence-corrected chi connectivity index (χ3v) is 7.20. The zero-order chi connectivity index (χ0) is 27.9. The summed E-state index contributed by atoms with van der Waals surface area (Å²) in [5, 5.41) is 17.2. The Labute approximate surface area is 227 Å². The number of aliphatic hydroxyl groups excluding tert-OH is 1. The largest absolute Gasteiger partial charge is 0.390 e. The van der Waals surface area contributed by atoms with E-state index in [2.05, 4.69) is 28.6 Å². The molecule has 1 aliphatic heterocycles. The van der Waals surface area contributed by atoms with Gasteiger partial charge in [0.1, 0.15) is 11.6 Å². The Bertz CT molecular complexity index is 1270. The van der Waals surface area contributed by atoms with Crippen molar-refractivity contribution in [3.63, 3.8) is 0 Å². The predicted molar refractivity (Wildman–Crippen MR) is 143 cm³/mol. The molecule has 2 aromatic carbocycles. The van der Waals surface area contributed by atoms with Crippen LogP contribution in [0.3, 0.4) is 0 Å². The minimum atomic E-state index is -1.07. The van der Waals surface area contributed by atoms with E-state index in [9.17, 15) is 23.5 Å². The highest BCUT2D eigenvalue weighted by Crippen LogP contribution is 2.37. The molecule has 1 saturated heterocycles. The molecule has 206 valence electrons. The van der Waals surface area contributed by atoms with Gasteiger partial charge in [0.15, 0.2) is 0 Å². The molecule has 4 rings (SSSR count). The average molecular weight is 537 g/mol. The monoisotopic (exact) mass is 536 g/mol. The highest BCUT2D eigenvalue weighted by molar-refractivity contribution is 5.90. The van der Waals surface area contributed by atoms with Crippen molar-refractivity contribution in [1.29, 1.82) is 0 Å². The maximum absolute atomic E-state index is 13.9. The molecule has 0 radical (unpaired) electrons. The second-order valence-corrected chi connectivity index (χ2v) is 10.0. The molecule has 3 aromatic rings. The fourth-order valence-electron chi connectivity index (χ4n) is 5.13. The maximum atomic E-state index is 13.9. The number of hydrogen-bond donors (Lipinski definition) is 3. The summed E-state index contributed by atoms with van der Waals surface area (Å²) in [7, 11) is 1.65. The third kappa shape index (κ3) is 7.25. The number of aliphatic hydroxyl groups is 1. The number of rotatable bonds is 11. The maximum Gasteiger partial charge on any atom is 0.226 e. The number of halogens is 2. The normalized spacial score (nSPS) is 18.7. The molecule has 3 N–H and O–H groups in total. The van der Waals surface area contributed by atoms with Gasteiger partial charge in [-0.2, -0.15) is 0 Å². The van der Waals surface area contributed by atoms with Crippen LogP contribution in [-0.4, -0.2) is 52.5 Å². The molecule has 0 spiro atoms. The molecule has 1 fully saturated rings. The molecule has 1 unspecified atom stereocenters. The van der Waals surface area contributed by atoms with Crippen LogP contribution in [0, 0.1) is 17.6 Å². The molecule has 1 aromatic heterocycles. The Morgan fingerprint density at radius 3 is 2.54 bits per heavy atom. The van der Waals surface area contributed by atoms with Gasteiger partial charge in [0.05, 0.1) is 24.1 Å². The number of nitrogens with zero attached hydrogens (tertiary/aromatic N) is 2. The highest BCUT2D eigenvalue weighted by atomic mass is 19.1. The van der Waals surface area contributed by atoms with Gasteiger partial charge in [0.25, 0.3) is 0 Å². The highest BCUT2D eigenvalue weighted by Gasteiger charge is 2.43. The quantitative estimate of drug-likeness (QED) is 0.350. The van der Waals surface area contributed by atoms with E-state index in [-0.39, 0.29) is 25.3 Å². The van der Waals surface area contributed by atoms with E-state index in [1.165, 1.54) is 22.6 Å². The molecule has 1 aliphatic rings. The first-order valence-corrected chi connectivity index (χ1v) is 13.1. The molecule has 9 heteroatoms. The van der Waals surface area contributed by atoms with E-state index in [1.807, 2.05) is 24.3 Å². The van der Waals surface area contributed by atoms with Gasteiger partial charge in [0.2, 0.25) is 11.8 Å². The zero-order valence-corrected chi connectivity index (χ0v) is 22.1. The molecule has 2 amide bonds. The first-order chi connectivity index (χ1) is 18.7. The van der Waals surface area contributed by atoms with Crippen molar-refractivity contribution < 1.29 is 23.5 Å². The van der Waals surface area contributed by atoms with Gasteiger partial charge in [-0.05, 0) is 53.3 Å². The van der Waals surface area contributed by atoms with Crippen LogP contribution < -0.4 is 10.6 Å². The lowest BCUT2D eigenvalue weighted by atomic mass is 9.92. The molecule has 0 aliphatic carbocycles. The van der Waals surface area contributed by atoms with Gasteiger partial charge in [-0.15, -0.1) is 0 Å². The zero-order valence-electron chi connectivity index (χ0n) is 22.1. The summed E-state index contributed by atoms with van der Waals surface area (Å²) in [4.78, 5) is 31.8. The van der Waals surface area contributed by atoms with Crippen molar-refractivity contribution in [2.75, 3.05) is 13.6 Å². The van der Waals surface area contributed by atoms with Crippen LogP contribution >= 0.6 is 0 Å². The first-order valence-electron chi connectivity index (χ1n) is 13.1. The molecule has 39 heavy (non-hydrogen) atoms. The van der Waals surface area contributed by atoms with Crippen LogP contribution in [0.25, 0.3) is 0 Å².